The predicted octanol–water partition coefficient (Wildman–Crippen LogP) is 2.81. The van der Waals surface area contributed by atoms with Gasteiger partial charge in [-0.05, 0) is 32.1 Å². The van der Waals surface area contributed by atoms with E-state index in [2.05, 4.69) is 13.2 Å². The van der Waals surface area contributed by atoms with Crippen LogP contribution < -0.4 is 0 Å². The zero-order valence-electron chi connectivity index (χ0n) is 9.44. The lowest BCUT2D eigenvalue weighted by atomic mass is 9.85. The normalized spacial score (nSPS) is 16.0. The zero-order chi connectivity index (χ0) is 12.1. The molecule has 15 heavy (non-hydrogen) atoms. The number of hydrogen-bond donors (Lipinski definition) is 1. The second-order valence-electron chi connectivity index (χ2n) is 3.89. The fourth-order valence-corrected chi connectivity index (χ4v) is 2.66. The summed E-state index contributed by atoms with van der Waals surface area (Å²) in [5.74, 6) is -0.174. The van der Waals surface area contributed by atoms with Crippen molar-refractivity contribution in [2.45, 2.75) is 37.9 Å². The van der Waals surface area contributed by atoms with Crippen molar-refractivity contribution in [2.24, 2.45) is 5.92 Å². The van der Waals surface area contributed by atoms with Gasteiger partial charge in [0.25, 0.3) is 10.1 Å². The summed E-state index contributed by atoms with van der Waals surface area (Å²) in [6.07, 6.45) is 4.82. The molecular weight excluding hydrogens is 212 g/mol. The molecule has 0 aliphatic heterocycles. The minimum atomic E-state index is -4.05. The average molecular weight is 232 g/mol. The van der Waals surface area contributed by atoms with Crippen LogP contribution in [0.5, 0.6) is 0 Å². The first-order valence-corrected chi connectivity index (χ1v) is 6.46. The molecule has 0 saturated heterocycles. The van der Waals surface area contributed by atoms with Crippen LogP contribution in [0.1, 0.15) is 33.1 Å². The van der Waals surface area contributed by atoms with Gasteiger partial charge in [0.1, 0.15) is 0 Å². The minimum absolute atomic E-state index is 0.174. The van der Waals surface area contributed by atoms with Crippen LogP contribution in [0.2, 0.25) is 0 Å². The van der Waals surface area contributed by atoms with Gasteiger partial charge < -0.3 is 0 Å². The van der Waals surface area contributed by atoms with E-state index in [1.165, 1.54) is 0 Å². The molecule has 0 spiro atoms. The highest BCUT2D eigenvalue weighted by atomic mass is 32.2. The second-order valence-corrected chi connectivity index (χ2v) is 5.77. The molecule has 1 atom stereocenters. The fraction of sp³-hybridized carbons (Fsp3) is 0.636. The quantitative estimate of drug-likeness (QED) is 0.542. The third kappa shape index (κ3) is 3.18. The summed E-state index contributed by atoms with van der Waals surface area (Å²) in [5.41, 5.74) is 0. The minimum Gasteiger partial charge on any atom is -0.285 e. The lowest BCUT2D eigenvalue weighted by Gasteiger charge is -2.32. The molecule has 0 amide bonds. The molecule has 0 aromatic heterocycles. The van der Waals surface area contributed by atoms with E-state index < -0.39 is 14.9 Å². The first-order valence-electron chi connectivity index (χ1n) is 5.02. The maximum Gasteiger partial charge on any atom is 0.270 e. The van der Waals surface area contributed by atoms with E-state index in [9.17, 15) is 13.0 Å². The molecule has 0 aromatic rings. The lowest BCUT2D eigenvalue weighted by Crippen LogP contribution is -2.41. The van der Waals surface area contributed by atoms with Crippen LogP contribution in [-0.4, -0.2) is 17.7 Å². The Bertz CT molecular complexity index is 309. The van der Waals surface area contributed by atoms with Gasteiger partial charge in [0.15, 0.2) is 0 Å². The van der Waals surface area contributed by atoms with Crippen LogP contribution in [0, 0.1) is 5.92 Å². The van der Waals surface area contributed by atoms with Gasteiger partial charge >= 0.3 is 0 Å². The van der Waals surface area contributed by atoms with Gasteiger partial charge in [-0.2, -0.15) is 8.42 Å². The van der Waals surface area contributed by atoms with E-state index in [0.29, 0.717) is 19.3 Å². The molecule has 0 aromatic carbocycles. The average Bonchev–Trinajstić information content (AvgIpc) is 2.14. The Morgan fingerprint density at radius 3 is 1.93 bits per heavy atom. The van der Waals surface area contributed by atoms with Crippen molar-refractivity contribution in [3.8, 4) is 0 Å². The van der Waals surface area contributed by atoms with E-state index in [1.807, 2.05) is 0 Å². The standard InChI is InChI=1S/C11H20O3S/c1-5-8-10(9-6-2)11(4,7-3)15(12,13)14/h5-6,10H,1-2,7-9H2,3-4H3,(H,12,13,14). The van der Waals surface area contributed by atoms with Crippen LogP contribution >= 0.6 is 0 Å². The number of hydrogen-bond acceptors (Lipinski definition) is 2. The van der Waals surface area contributed by atoms with E-state index in [0.717, 1.165) is 0 Å². The second kappa shape index (κ2) is 5.47. The smallest absolute Gasteiger partial charge is 0.270 e. The van der Waals surface area contributed by atoms with Crippen molar-refractivity contribution in [2.75, 3.05) is 0 Å². The summed E-state index contributed by atoms with van der Waals surface area (Å²) in [6.45, 7) is 10.5. The summed E-state index contributed by atoms with van der Waals surface area (Å²) in [5, 5.41) is 0. The molecule has 0 saturated carbocycles. The Hall–Kier alpha value is -0.610. The van der Waals surface area contributed by atoms with E-state index in [4.69, 9.17) is 0 Å². The van der Waals surface area contributed by atoms with Crippen molar-refractivity contribution in [3.05, 3.63) is 25.3 Å². The van der Waals surface area contributed by atoms with Crippen LogP contribution in [0.25, 0.3) is 0 Å². The Morgan fingerprint density at radius 1 is 1.33 bits per heavy atom. The van der Waals surface area contributed by atoms with E-state index in [1.54, 1.807) is 26.0 Å². The van der Waals surface area contributed by atoms with Gasteiger partial charge in [0, 0.05) is 0 Å². The van der Waals surface area contributed by atoms with Crippen molar-refractivity contribution in [1.29, 1.82) is 0 Å². The monoisotopic (exact) mass is 232 g/mol. The van der Waals surface area contributed by atoms with Crippen LogP contribution in [0.3, 0.4) is 0 Å². The van der Waals surface area contributed by atoms with Gasteiger partial charge in [-0.15, -0.1) is 13.2 Å². The van der Waals surface area contributed by atoms with Gasteiger partial charge in [-0.25, -0.2) is 0 Å². The number of rotatable bonds is 7. The fourth-order valence-electron chi connectivity index (χ4n) is 1.68. The summed E-state index contributed by atoms with van der Waals surface area (Å²) >= 11 is 0. The molecule has 88 valence electrons. The molecule has 0 rings (SSSR count). The molecular formula is C11H20O3S. The molecule has 1 unspecified atom stereocenters. The highest BCUT2D eigenvalue weighted by molar-refractivity contribution is 7.87. The summed E-state index contributed by atoms with van der Waals surface area (Å²) in [7, 11) is -4.05. The highest BCUT2D eigenvalue weighted by Gasteiger charge is 2.42. The van der Waals surface area contributed by atoms with Gasteiger partial charge in [0.2, 0.25) is 0 Å². The Morgan fingerprint density at radius 2 is 1.73 bits per heavy atom. The molecule has 1 N–H and O–H groups in total. The SMILES string of the molecule is C=CCC(CC=C)C(C)(CC)S(=O)(=O)O. The molecule has 0 fully saturated rings. The maximum atomic E-state index is 11.4. The van der Waals surface area contributed by atoms with Gasteiger partial charge in [0.05, 0.1) is 4.75 Å². The maximum absolute atomic E-state index is 11.4. The topological polar surface area (TPSA) is 54.4 Å². The van der Waals surface area contributed by atoms with Crippen molar-refractivity contribution >= 4 is 10.1 Å². The van der Waals surface area contributed by atoms with Crippen LogP contribution in [0.15, 0.2) is 25.3 Å². The third-order valence-electron chi connectivity index (χ3n) is 3.06. The summed E-state index contributed by atoms with van der Waals surface area (Å²) < 4.78 is 30.9. The van der Waals surface area contributed by atoms with Gasteiger partial charge in [-0.3, -0.25) is 4.55 Å². The summed E-state index contributed by atoms with van der Waals surface area (Å²) in [4.78, 5) is 0. The van der Waals surface area contributed by atoms with Gasteiger partial charge in [-0.1, -0.05) is 19.1 Å². The zero-order valence-corrected chi connectivity index (χ0v) is 10.3. The molecule has 0 aliphatic rings. The van der Waals surface area contributed by atoms with E-state index in [-0.39, 0.29) is 5.92 Å². The van der Waals surface area contributed by atoms with Crippen molar-refractivity contribution in [1.82, 2.24) is 0 Å². The first-order chi connectivity index (χ1) is 6.83. The predicted molar refractivity (Wildman–Crippen MR) is 63.4 cm³/mol. The highest BCUT2D eigenvalue weighted by Crippen LogP contribution is 2.34. The largest absolute Gasteiger partial charge is 0.285 e. The first kappa shape index (κ1) is 14.4. The Labute approximate surface area is 92.6 Å². The molecule has 0 aliphatic carbocycles. The Balaban J connectivity index is 5.19. The van der Waals surface area contributed by atoms with Crippen LogP contribution in [-0.2, 0) is 10.1 Å². The number of allylic oxidation sites excluding steroid dienone is 2. The molecule has 0 heterocycles. The molecule has 0 bridgehead atoms. The molecule has 4 heteroatoms. The van der Waals surface area contributed by atoms with Crippen molar-refractivity contribution < 1.29 is 13.0 Å². The summed E-state index contributed by atoms with van der Waals surface area (Å²) in [6, 6.07) is 0. The van der Waals surface area contributed by atoms with Crippen molar-refractivity contribution in [3.63, 3.8) is 0 Å². The molecule has 0 radical (unpaired) electrons. The molecule has 3 nitrogen and oxygen atoms in total. The van der Waals surface area contributed by atoms with Crippen LogP contribution in [0.4, 0.5) is 0 Å². The lowest BCUT2D eigenvalue weighted by molar-refractivity contribution is 0.335. The Kier molecular flexibility index (Phi) is 5.24. The third-order valence-corrected chi connectivity index (χ3v) is 4.86. The van der Waals surface area contributed by atoms with E-state index >= 15 is 0 Å².